The lowest BCUT2D eigenvalue weighted by Gasteiger charge is -2.10. The van der Waals surface area contributed by atoms with Gasteiger partial charge in [0.1, 0.15) is 16.5 Å². The molecule has 0 aromatic carbocycles. The Kier molecular flexibility index (Phi) is 4.65. The zero-order valence-corrected chi connectivity index (χ0v) is 9.77. The Balaban J connectivity index is 2.71. The molecule has 0 radical (unpaired) electrons. The highest BCUT2D eigenvalue weighted by Gasteiger charge is 2.09. The van der Waals surface area contributed by atoms with E-state index < -0.39 is 0 Å². The number of nitrogens with zero attached hydrogens (tertiary/aromatic N) is 2. The van der Waals surface area contributed by atoms with E-state index in [1.807, 2.05) is 6.92 Å². The zero-order valence-electron chi connectivity index (χ0n) is 8.20. The normalized spacial score (nSPS) is 12.9. The predicted octanol–water partition coefficient (Wildman–Crippen LogP) is 2.30. The lowest BCUT2D eigenvalue weighted by Crippen LogP contribution is -2.01. The highest BCUT2D eigenvalue weighted by atomic mass is 35.5. The van der Waals surface area contributed by atoms with E-state index in [2.05, 4.69) is 16.9 Å². The summed E-state index contributed by atoms with van der Waals surface area (Å²) in [4.78, 5) is 8.03. The minimum absolute atomic E-state index is 0.200. The van der Waals surface area contributed by atoms with Crippen LogP contribution in [0.3, 0.4) is 0 Å². The standard InChI is InChI=1S/C9H13ClN2OS/c1-6(3-4-13)14-9-7(2)8(10)11-5-12-9/h5-6,13H,3-4H2,1-2H3. The SMILES string of the molecule is Cc1c(Cl)ncnc1SC(C)CCO. The van der Waals surface area contributed by atoms with Crippen LogP contribution >= 0.6 is 23.4 Å². The number of aliphatic hydroxyl groups is 1. The first-order valence-corrected chi connectivity index (χ1v) is 5.65. The van der Waals surface area contributed by atoms with Crippen molar-refractivity contribution < 1.29 is 5.11 Å². The fourth-order valence-electron chi connectivity index (χ4n) is 0.964. The Morgan fingerprint density at radius 1 is 1.57 bits per heavy atom. The van der Waals surface area contributed by atoms with Crippen molar-refractivity contribution in [1.29, 1.82) is 0 Å². The van der Waals surface area contributed by atoms with Crippen molar-refractivity contribution in [3.8, 4) is 0 Å². The van der Waals surface area contributed by atoms with Crippen LogP contribution in [0.5, 0.6) is 0 Å². The van der Waals surface area contributed by atoms with Gasteiger partial charge in [-0.15, -0.1) is 11.8 Å². The van der Waals surface area contributed by atoms with Crippen molar-refractivity contribution in [2.24, 2.45) is 0 Å². The Labute approximate surface area is 92.9 Å². The molecule has 3 nitrogen and oxygen atoms in total. The van der Waals surface area contributed by atoms with Crippen LogP contribution in [0, 0.1) is 6.92 Å². The molecule has 0 amide bonds. The highest BCUT2D eigenvalue weighted by Crippen LogP contribution is 2.28. The number of aromatic nitrogens is 2. The van der Waals surface area contributed by atoms with Gasteiger partial charge >= 0.3 is 0 Å². The molecule has 0 saturated carbocycles. The smallest absolute Gasteiger partial charge is 0.136 e. The monoisotopic (exact) mass is 232 g/mol. The van der Waals surface area contributed by atoms with Crippen LogP contribution in [0.25, 0.3) is 0 Å². The summed E-state index contributed by atoms with van der Waals surface area (Å²) in [6.45, 7) is 4.15. The van der Waals surface area contributed by atoms with Gasteiger partial charge < -0.3 is 5.11 Å². The molecule has 1 unspecified atom stereocenters. The second-order valence-electron chi connectivity index (χ2n) is 3.04. The average molecular weight is 233 g/mol. The number of thioether (sulfide) groups is 1. The highest BCUT2D eigenvalue weighted by molar-refractivity contribution is 7.99. The molecule has 1 aromatic rings. The molecule has 78 valence electrons. The van der Waals surface area contributed by atoms with E-state index in [9.17, 15) is 0 Å². The van der Waals surface area contributed by atoms with E-state index in [-0.39, 0.29) is 6.61 Å². The van der Waals surface area contributed by atoms with E-state index in [1.54, 1.807) is 11.8 Å². The molecule has 0 aliphatic rings. The second kappa shape index (κ2) is 5.53. The van der Waals surface area contributed by atoms with Crippen molar-refractivity contribution in [2.75, 3.05) is 6.61 Å². The number of rotatable bonds is 4. The largest absolute Gasteiger partial charge is 0.396 e. The van der Waals surface area contributed by atoms with Gasteiger partial charge in [0.2, 0.25) is 0 Å². The first kappa shape index (κ1) is 11.8. The molecule has 0 aliphatic heterocycles. The van der Waals surface area contributed by atoms with E-state index in [0.29, 0.717) is 10.4 Å². The van der Waals surface area contributed by atoms with E-state index in [4.69, 9.17) is 16.7 Å². The molecule has 0 bridgehead atoms. The van der Waals surface area contributed by atoms with Crippen LogP contribution in [-0.4, -0.2) is 26.9 Å². The summed E-state index contributed by atoms with van der Waals surface area (Å²) in [5.41, 5.74) is 0.906. The van der Waals surface area contributed by atoms with Crippen molar-refractivity contribution >= 4 is 23.4 Å². The van der Waals surface area contributed by atoms with Gasteiger partial charge in [0.15, 0.2) is 0 Å². The summed E-state index contributed by atoms with van der Waals surface area (Å²) < 4.78 is 0. The summed E-state index contributed by atoms with van der Waals surface area (Å²) in [6, 6.07) is 0. The predicted molar refractivity (Wildman–Crippen MR) is 58.8 cm³/mol. The molecule has 1 aromatic heterocycles. The maximum absolute atomic E-state index is 8.77. The molecule has 5 heteroatoms. The van der Waals surface area contributed by atoms with Crippen LogP contribution in [0.1, 0.15) is 18.9 Å². The van der Waals surface area contributed by atoms with Crippen molar-refractivity contribution in [1.82, 2.24) is 9.97 Å². The van der Waals surface area contributed by atoms with Gasteiger partial charge in [-0.2, -0.15) is 0 Å². The fraction of sp³-hybridized carbons (Fsp3) is 0.556. The third-order valence-corrected chi connectivity index (χ3v) is 3.48. The van der Waals surface area contributed by atoms with Crippen LogP contribution in [0.2, 0.25) is 5.15 Å². The zero-order chi connectivity index (χ0) is 10.6. The van der Waals surface area contributed by atoms with Gasteiger partial charge in [0.05, 0.1) is 0 Å². The molecule has 0 saturated heterocycles. The average Bonchev–Trinajstić information content (AvgIpc) is 2.13. The third-order valence-electron chi connectivity index (χ3n) is 1.82. The molecule has 1 rings (SSSR count). The van der Waals surface area contributed by atoms with Gasteiger partial charge in [0.25, 0.3) is 0 Å². The molecule has 1 heterocycles. The van der Waals surface area contributed by atoms with Crippen molar-refractivity contribution in [3.63, 3.8) is 0 Å². The molecule has 0 aliphatic carbocycles. The quantitative estimate of drug-likeness (QED) is 0.639. The van der Waals surface area contributed by atoms with Gasteiger partial charge in [-0.1, -0.05) is 18.5 Å². The molecule has 0 fully saturated rings. The third kappa shape index (κ3) is 3.12. The summed E-state index contributed by atoms with van der Waals surface area (Å²) >= 11 is 7.47. The number of aliphatic hydroxyl groups excluding tert-OH is 1. The Morgan fingerprint density at radius 3 is 2.93 bits per heavy atom. The lowest BCUT2D eigenvalue weighted by molar-refractivity contribution is 0.289. The number of halogens is 1. The topological polar surface area (TPSA) is 46.0 Å². The van der Waals surface area contributed by atoms with Gasteiger partial charge in [-0.3, -0.25) is 0 Å². The van der Waals surface area contributed by atoms with E-state index in [1.165, 1.54) is 6.33 Å². The maximum Gasteiger partial charge on any atom is 0.136 e. The molecule has 0 spiro atoms. The molecule has 1 atom stereocenters. The molecular weight excluding hydrogens is 220 g/mol. The summed E-state index contributed by atoms with van der Waals surface area (Å²) in [7, 11) is 0. The molecular formula is C9H13ClN2OS. The Hall–Kier alpha value is -0.320. The fourth-order valence-corrected chi connectivity index (χ4v) is 2.14. The number of hydrogen-bond acceptors (Lipinski definition) is 4. The molecule has 14 heavy (non-hydrogen) atoms. The second-order valence-corrected chi connectivity index (χ2v) is 4.82. The van der Waals surface area contributed by atoms with E-state index >= 15 is 0 Å². The maximum atomic E-state index is 8.77. The minimum atomic E-state index is 0.200. The van der Waals surface area contributed by atoms with Crippen LogP contribution in [0.4, 0.5) is 0 Å². The first-order valence-electron chi connectivity index (χ1n) is 4.39. The van der Waals surface area contributed by atoms with Crippen molar-refractivity contribution in [2.45, 2.75) is 30.5 Å². The Morgan fingerprint density at radius 2 is 2.29 bits per heavy atom. The summed E-state index contributed by atoms with van der Waals surface area (Å²) in [6.07, 6.45) is 2.22. The van der Waals surface area contributed by atoms with Gasteiger partial charge in [-0.05, 0) is 13.3 Å². The Bertz CT molecular complexity index is 309. The van der Waals surface area contributed by atoms with Gasteiger partial charge in [-0.25, -0.2) is 9.97 Å². The number of hydrogen-bond donors (Lipinski definition) is 1. The van der Waals surface area contributed by atoms with Crippen LogP contribution in [0.15, 0.2) is 11.4 Å². The van der Waals surface area contributed by atoms with Crippen molar-refractivity contribution in [3.05, 3.63) is 17.0 Å². The molecule has 1 N–H and O–H groups in total. The van der Waals surface area contributed by atoms with Gasteiger partial charge in [0, 0.05) is 17.4 Å². The lowest BCUT2D eigenvalue weighted by atomic mass is 10.3. The minimum Gasteiger partial charge on any atom is -0.396 e. The summed E-state index contributed by atoms with van der Waals surface area (Å²) in [5.74, 6) is 0. The van der Waals surface area contributed by atoms with E-state index in [0.717, 1.165) is 17.0 Å². The van der Waals surface area contributed by atoms with Crippen LogP contribution in [-0.2, 0) is 0 Å². The van der Waals surface area contributed by atoms with Crippen LogP contribution < -0.4 is 0 Å². The first-order chi connectivity index (χ1) is 6.65. The summed E-state index contributed by atoms with van der Waals surface area (Å²) in [5, 5.41) is 10.5.